The van der Waals surface area contributed by atoms with Crippen LogP contribution in [0.25, 0.3) is 0 Å². The van der Waals surface area contributed by atoms with Crippen molar-refractivity contribution in [3.63, 3.8) is 0 Å². The highest BCUT2D eigenvalue weighted by Gasteiger charge is 2.38. The summed E-state index contributed by atoms with van der Waals surface area (Å²) in [5, 5.41) is 3.35. The first-order valence-electron chi connectivity index (χ1n) is 3.78. The number of nitrogens with zero attached hydrogens (tertiary/aromatic N) is 1. The summed E-state index contributed by atoms with van der Waals surface area (Å²) in [6.07, 6.45) is 1.17. The van der Waals surface area contributed by atoms with E-state index in [9.17, 15) is 4.79 Å². The molecule has 2 saturated heterocycles. The van der Waals surface area contributed by atoms with E-state index in [4.69, 9.17) is 0 Å². The average Bonchev–Trinajstić information content (AvgIpc) is 2.44. The second-order valence-electron chi connectivity index (χ2n) is 3.17. The van der Waals surface area contributed by atoms with Gasteiger partial charge < -0.3 is 10.2 Å². The molecule has 0 spiro atoms. The number of nitrogens with one attached hydrogen (secondary N) is 1. The molecule has 2 aliphatic rings. The molecule has 1 amide bonds. The van der Waals surface area contributed by atoms with Gasteiger partial charge in [-0.25, -0.2) is 0 Å². The van der Waals surface area contributed by atoms with Crippen molar-refractivity contribution in [2.75, 3.05) is 13.1 Å². The van der Waals surface area contributed by atoms with Crippen LogP contribution in [0, 0.1) is 0 Å². The molecule has 2 aliphatic heterocycles. The molecule has 2 atom stereocenters. The second-order valence-corrected chi connectivity index (χ2v) is 3.17. The van der Waals surface area contributed by atoms with E-state index in [0.717, 1.165) is 13.1 Å². The number of amides is 1. The van der Waals surface area contributed by atoms with Crippen LogP contribution < -0.4 is 5.32 Å². The predicted octanol–water partition coefficient (Wildman–Crippen LogP) is -0.421. The summed E-state index contributed by atoms with van der Waals surface area (Å²) in [6.45, 7) is 3.59. The molecule has 3 heteroatoms. The zero-order valence-electron chi connectivity index (χ0n) is 6.13. The van der Waals surface area contributed by atoms with E-state index in [1.807, 2.05) is 4.90 Å². The highest BCUT2D eigenvalue weighted by molar-refractivity contribution is 5.74. The highest BCUT2D eigenvalue weighted by atomic mass is 16.2. The maximum absolute atomic E-state index is 10.9. The molecule has 10 heavy (non-hydrogen) atoms. The number of piperazine rings is 1. The fourth-order valence-corrected chi connectivity index (χ4v) is 1.95. The van der Waals surface area contributed by atoms with E-state index in [-0.39, 0.29) is 5.91 Å². The fraction of sp³-hybridized carbons (Fsp3) is 0.857. The lowest BCUT2D eigenvalue weighted by atomic mass is 10.2. The van der Waals surface area contributed by atoms with Crippen LogP contribution in [0.3, 0.4) is 0 Å². The molecule has 0 radical (unpaired) electrons. The summed E-state index contributed by atoms with van der Waals surface area (Å²) >= 11 is 0. The Morgan fingerprint density at radius 3 is 2.80 bits per heavy atom. The molecule has 1 N–H and O–H groups in total. The van der Waals surface area contributed by atoms with Gasteiger partial charge in [0.05, 0.1) is 0 Å². The molecular weight excluding hydrogens is 128 g/mol. The van der Waals surface area contributed by atoms with Gasteiger partial charge in [-0.15, -0.1) is 0 Å². The third-order valence-corrected chi connectivity index (χ3v) is 2.46. The van der Waals surface area contributed by atoms with Crippen molar-refractivity contribution in [2.45, 2.75) is 25.4 Å². The first kappa shape index (κ1) is 6.16. The summed E-state index contributed by atoms with van der Waals surface area (Å²) in [4.78, 5) is 12.9. The number of fused-ring (bicyclic) bond motifs is 2. The van der Waals surface area contributed by atoms with Crippen LogP contribution in [0.2, 0.25) is 0 Å². The van der Waals surface area contributed by atoms with Crippen molar-refractivity contribution in [1.29, 1.82) is 0 Å². The third kappa shape index (κ3) is 0.736. The summed E-state index contributed by atoms with van der Waals surface area (Å²) in [5.74, 6) is 0.231. The van der Waals surface area contributed by atoms with Gasteiger partial charge in [-0.3, -0.25) is 4.79 Å². The Hall–Kier alpha value is -0.570. The van der Waals surface area contributed by atoms with Crippen molar-refractivity contribution in [3.05, 3.63) is 0 Å². The standard InChI is InChI=1S/C7H12N2O/c1-5(10)9-4-6-2-7(9)3-8-6/h6-8H,2-4H2,1H3/t6-,7+/m1/s1. The Morgan fingerprint density at radius 2 is 2.50 bits per heavy atom. The summed E-state index contributed by atoms with van der Waals surface area (Å²) in [5.41, 5.74) is 0. The number of carbonyl (C=O) groups is 1. The van der Waals surface area contributed by atoms with Gasteiger partial charge in [-0.1, -0.05) is 0 Å². The Balaban J connectivity index is 2.08. The molecule has 3 nitrogen and oxygen atoms in total. The molecule has 0 aliphatic carbocycles. The van der Waals surface area contributed by atoms with E-state index < -0.39 is 0 Å². The minimum Gasteiger partial charge on any atom is -0.337 e. The number of rotatable bonds is 0. The molecule has 0 aromatic carbocycles. The number of carbonyl (C=O) groups excluding carboxylic acids is 1. The monoisotopic (exact) mass is 140 g/mol. The normalized spacial score (nSPS) is 37.1. The average molecular weight is 140 g/mol. The lowest BCUT2D eigenvalue weighted by Crippen LogP contribution is -2.45. The first-order valence-corrected chi connectivity index (χ1v) is 3.78. The van der Waals surface area contributed by atoms with Gasteiger partial charge in [0.25, 0.3) is 0 Å². The molecule has 0 aromatic heterocycles. The van der Waals surface area contributed by atoms with Gasteiger partial charge in [0.15, 0.2) is 0 Å². The minimum atomic E-state index is 0.231. The van der Waals surface area contributed by atoms with Gasteiger partial charge in [-0.2, -0.15) is 0 Å². The Morgan fingerprint density at radius 1 is 1.70 bits per heavy atom. The van der Waals surface area contributed by atoms with E-state index in [1.165, 1.54) is 6.42 Å². The zero-order chi connectivity index (χ0) is 7.14. The zero-order valence-corrected chi connectivity index (χ0v) is 6.13. The van der Waals surface area contributed by atoms with Gasteiger partial charge in [-0.05, 0) is 6.42 Å². The molecule has 2 fully saturated rings. The largest absolute Gasteiger partial charge is 0.337 e. The SMILES string of the molecule is CC(=O)N1C[C@H]2C[C@H]1CN2. The van der Waals surface area contributed by atoms with Crippen molar-refractivity contribution in [2.24, 2.45) is 0 Å². The number of likely N-dealkylation sites (tertiary alicyclic amines) is 1. The highest BCUT2D eigenvalue weighted by Crippen LogP contribution is 2.22. The third-order valence-electron chi connectivity index (χ3n) is 2.46. The van der Waals surface area contributed by atoms with E-state index in [1.54, 1.807) is 6.92 Å². The van der Waals surface area contributed by atoms with Gasteiger partial charge >= 0.3 is 0 Å². The van der Waals surface area contributed by atoms with Crippen LogP contribution in [0.1, 0.15) is 13.3 Å². The van der Waals surface area contributed by atoms with Crippen LogP contribution in [-0.2, 0) is 4.79 Å². The van der Waals surface area contributed by atoms with Gasteiger partial charge in [0, 0.05) is 32.1 Å². The Bertz CT molecular complexity index is 169. The summed E-state index contributed by atoms with van der Waals surface area (Å²) in [6, 6.07) is 1.09. The maximum atomic E-state index is 10.9. The van der Waals surface area contributed by atoms with Crippen LogP contribution in [-0.4, -0.2) is 36.0 Å². The Kier molecular flexibility index (Phi) is 1.20. The van der Waals surface area contributed by atoms with Crippen molar-refractivity contribution in [1.82, 2.24) is 10.2 Å². The summed E-state index contributed by atoms with van der Waals surface area (Å²) in [7, 11) is 0. The molecule has 0 saturated carbocycles. The van der Waals surface area contributed by atoms with Gasteiger partial charge in [0.1, 0.15) is 0 Å². The van der Waals surface area contributed by atoms with Gasteiger partial charge in [0.2, 0.25) is 5.91 Å². The van der Waals surface area contributed by atoms with Crippen LogP contribution in [0.15, 0.2) is 0 Å². The Labute approximate surface area is 60.4 Å². The molecule has 2 rings (SSSR count). The topological polar surface area (TPSA) is 32.3 Å². The van der Waals surface area contributed by atoms with Crippen molar-refractivity contribution in [3.8, 4) is 0 Å². The molecule has 2 bridgehead atoms. The van der Waals surface area contributed by atoms with Crippen molar-refractivity contribution >= 4 is 5.91 Å². The maximum Gasteiger partial charge on any atom is 0.219 e. The van der Waals surface area contributed by atoms with Crippen LogP contribution in [0.5, 0.6) is 0 Å². The molecule has 56 valence electrons. The smallest absolute Gasteiger partial charge is 0.219 e. The van der Waals surface area contributed by atoms with E-state index in [2.05, 4.69) is 5.32 Å². The molecule has 0 unspecified atom stereocenters. The van der Waals surface area contributed by atoms with E-state index in [0.29, 0.717) is 12.1 Å². The molecule has 0 aromatic rings. The first-order chi connectivity index (χ1) is 4.77. The fourth-order valence-electron chi connectivity index (χ4n) is 1.95. The number of hydrogen-bond acceptors (Lipinski definition) is 2. The predicted molar refractivity (Wildman–Crippen MR) is 37.6 cm³/mol. The molecular formula is C7H12N2O. The quantitative estimate of drug-likeness (QED) is 0.495. The van der Waals surface area contributed by atoms with Crippen molar-refractivity contribution < 1.29 is 4.79 Å². The van der Waals surface area contributed by atoms with E-state index >= 15 is 0 Å². The minimum absolute atomic E-state index is 0.231. The second kappa shape index (κ2) is 1.95. The summed E-state index contributed by atoms with van der Waals surface area (Å²) < 4.78 is 0. The van der Waals surface area contributed by atoms with Crippen LogP contribution >= 0.6 is 0 Å². The molecule has 2 heterocycles. The number of hydrogen-bond donors (Lipinski definition) is 1. The lowest BCUT2D eigenvalue weighted by molar-refractivity contribution is -0.130. The van der Waals surface area contributed by atoms with Crippen LogP contribution in [0.4, 0.5) is 0 Å². The lowest BCUT2D eigenvalue weighted by Gasteiger charge is -2.25.